The predicted octanol–water partition coefficient (Wildman–Crippen LogP) is 8.62. The molecule has 2 atom stereocenters. The van der Waals surface area contributed by atoms with Crippen LogP contribution in [-0.4, -0.2) is 31.4 Å². The second-order valence-electron chi connectivity index (χ2n) is 10.5. The Bertz CT molecular complexity index is 1280. The summed E-state index contributed by atoms with van der Waals surface area (Å²) in [7, 11) is 1.60. The number of nitrogens with zero attached hydrogens (tertiary/aromatic N) is 1. The zero-order valence-electron chi connectivity index (χ0n) is 24.0. The summed E-state index contributed by atoms with van der Waals surface area (Å²) in [5.74, 6) is -0.0825. The smallest absolute Gasteiger partial charge is 0.418 e. The van der Waals surface area contributed by atoms with Crippen LogP contribution < -0.4 is 9.64 Å². The molecule has 7 heteroatoms. The fourth-order valence-corrected chi connectivity index (χ4v) is 4.85. The van der Waals surface area contributed by atoms with Crippen molar-refractivity contribution in [2.24, 2.45) is 0 Å². The van der Waals surface area contributed by atoms with Crippen LogP contribution in [0, 0.1) is 0 Å². The van der Waals surface area contributed by atoms with Crippen LogP contribution in [0.4, 0.5) is 10.5 Å². The molecule has 0 saturated heterocycles. The molecule has 3 aromatic carbocycles. The molecule has 0 saturated carbocycles. The molecule has 0 N–H and O–H groups in total. The highest BCUT2D eigenvalue weighted by atomic mass is 79.9. The molecule has 0 heterocycles. The van der Waals surface area contributed by atoms with Crippen molar-refractivity contribution in [3.05, 3.63) is 106 Å². The van der Waals surface area contributed by atoms with Crippen molar-refractivity contribution in [2.45, 2.75) is 58.5 Å². The third-order valence-electron chi connectivity index (χ3n) is 6.32. The fraction of sp³-hybridized carbons (Fsp3) is 0.333. The lowest BCUT2D eigenvalue weighted by Crippen LogP contribution is -2.34. The number of benzene rings is 3. The maximum absolute atomic E-state index is 13.5. The lowest BCUT2D eigenvalue weighted by molar-refractivity contribution is -0.143. The maximum Gasteiger partial charge on any atom is 0.418 e. The summed E-state index contributed by atoms with van der Waals surface area (Å²) < 4.78 is 17.4. The Balaban J connectivity index is 2.17. The number of carbonyl (C=O) groups is 2. The molecule has 0 aliphatic heterocycles. The monoisotopic (exact) mass is 607 g/mol. The largest absolute Gasteiger partial charge is 0.497 e. The second-order valence-corrected chi connectivity index (χ2v) is 11.4. The van der Waals surface area contributed by atoms with Gasteiger partial charge >= 0.3 is 12.1 Å². The van der Waals surface area contributed by atoms with Crippen molar-refractivity contribution in [3.63, 3.8) is 0 Å². The molecule has 3 aromatic rings. The van der Waals surface area contributed by atoms with Gasteiger partial charge in [0.15, 0.2) is 0 Å². The molecule has 40 heavy (non-hydrogen) atoms. The van der Waals surface area contributed by atoms with Crippen LogP contribution in [0.3, 0.4) is 0 Å². The number of halogens is 1. The fourth-order valence-electron chi connectivity index (χ4n) is 4.58. The first-order chi connectivity index (χ1) is 19.0. The molecule has 0 unspecified atom stereocenters. The summed E-state index contributed by atoms with van der Waals surface area (Å²) in [6.45, 7) is 9.60. The lowest BCUT2D eigenvalue weighted by atomic mass is 9.76. The van der Waals surface area contributed by atoms with E-state index >= 15 is 0 Å². The van der Waals surface area contributed by atoms with Gasteiger partial charge in [0.2, 0.25) is 0 Å². The lowest BCUT2D eigenvalue weighted by Gasteiger charge is -2.31. The number of hydrogen-bond donors (Lipinski definition) is 0. The highest BCUT2D eigenvalue weighted by molar-refractivity contribution is 9.10. The van der Waals surface area contributed by atoms with Gasteiger partial charge in [0.1, 0.15) is 11.4 Å². The van der Waals surface area contributed by atoms with Crippen LogP contribution in [0.15, 0.2) is 95.1 Å². The summed E-state index contributed by atoms with van der Waals surface area (Å²) in [6.07, 6.45) is 1.48. The van der Waals surface area contributed by atoms with E-state index in [0.29, 0.717) is 18.0 Å². The normalized spacial score (nSPS) is 13.2. The van der Waals surface area contributed by atoms with Crippen LogP contribution in [0.2, 0.25) is 0 Å². The minimum absolute atomic E-state index is 0.176. The third kappa shape index (κ3) is 8.71. The molecular weight excluding hydrogens is 570 g/mol. The number of anilines is 1. The van der Waals surface area contributed by atoms with E-state index in [9.17, 15) is 9.59 Å². The van der Waals surface area contributed by atoms with Crippen molar-refractivity contribution < 1.29 is 23.8 Å². The Morgan fingerprint density at radius 1 is 0.925 bits per heavy atom. The van der Waals surface area contributed by atoms with E-state index in [0.717, 1.165) is 21.2 Å². The number of ether oxygens (including phenoxy) is 3. The van der Waals surface area contributed by atoms with Gasteiger partial charge in [0, 0.05) is 22.5 Å². The van der Waals surface area contributed by atoms with E-state index in [1.807, 2.05) is 101 Å². The van der Waals surface area contributed by atoms with Crippen LogP contribution in [-0.2, 0) is 14.3 Å². The summed E-state index contributed by atoms with van der Waals surface area (Å²) >= 11 is 3.52. The Hall–Kier alpha value is -3.58. The quantitative estimate of drug-likeness (QED) is 0.216. The number of methoxy groups -OCH3 is 1. The average molecular weight is 609 g/mol. The number of amides is 1. The van der Waals surface area contributed by atoms with Crippen molar-refractivity contribution in [1.82, 2.24) is 0 Å². The average Bonchev–Trinajstić information content (AvgIpc) is 2.91. The van der Waals surface area contributed by atoms with Gasteiger partial charge in [0.25, 0.3) is 0 Å². The van der Waals surface area contributed by atoms with Crippen LogP contribution in [0.5, 0.6) is 5.75 Å². The molecule has 0 spiro atoms. The summed E-state index contributed by atoms with van der Waals surface area (Å²) in [5.41, 5.74) is 2.84. The zero-order chi connectivity index (χ0) is 29.3. The molecule has 0 aromatic heterocycles. The number of rotatable bonds is 10. The molecular formula is C33H38BrNO5. The molecule has 3 rings (SSSR count). The number of hydrogen-bond acceptors (Lipinski definition) is 5. The second kappa shape index (κ2) is 14.2. The van der Waals surface area contributed by atoms with E-state index in [2.05, 4.69) is 15.9 Å². The molecule has 0 radical (unpaired) electrons. The molecule has 0 bridgehead atoms. The maximum atomic E-state index is 13.5. The van der Waals surface area contributed by atoms with E-state index in [1.54, 1.807) is 26.2 Å². The predicted molar refractivity (Wildman–Crippen MR) is 163 cm³/mol. The molecule has 1 amide bonds. The van der Waals surface area contributed by atoms with Crippen LogP contribution in [0.25, 0.3) is 0 Å². The van der Waals surface area contributed by atoms with Gasteiger partial charge in [-0.2, -0.15) is 0 Å². The highest BCUT2D eigenvalue weighted by Gasteiger charge is 2.31. The number of carbonyl (C=O) groups excluding carboxylic acids is 2. The first kappa shape index (κ1) is 31.0. The van der Waals surface area contributed by atoms with Gasteiger partial charge < -0.3 is 14.2 Å². The molecule has 0 aliphatic rings. The van der Waals surface area contributed by atoms with Crippen molar-refractivity contribution >= 4 is 33.7 Å². The Morgan fingerprint density at radius 2 is 1.55 bits per heavy atom. The highest BCUT2D eigenvalue weighted by Crippen LogP contribution is 2.42. The van der Waals surface area contributed by atoms with E-state index in [1.165, 1.54) is 4.90 Å². The zero-order valence-corrected chi connectivity index (χ0v) is 25.6. The topological polar surface area (TPSA) is 65.1 Å². The van der Waals surface area contributed by atoms with Gasteiger partial charge in [-0.15, -0.1) is 0 Å². The van der Waals surface area contributed by atoms with Gasteiger partial charge in [-0.3, -0.25) is 9.69 Å². The van der Waals surface area contributed by atoms with Gasteiger partial charge in [0.05, 0.1) is 25.8 Å². The van der Waals surface area contributed by atoms with Gasteiger partial charge in [-0.25, -0.2) is 4.79 Å². The van der Waals surface area contributed by atoms with E-state index in [4.69, 9.17) is 14.2 Å². The molecule has 0 fully saturated rings. The van der Waals surface area contributed by atoms with Crippen molar-refractivity contribution in [2.75, 3.05) is 18.6 Å². The molecule has 0 aliphatic carbocycles. The Morgan fingerprint density at radius 3 is 2.10 bits per heavy atom. The van der Waals surface area contributed by atoms with Gasteiger partial charge in [-0.05, 0) is 87.7 Å². The minimum Gasteiger partial charge on any atom is -0.497 e. The van der Waals surface area contributed by atoms with Crippen LogP contribution >= 0.6 is 15.9 Å². The molecule has 212 valence electrons. The van der Waals surface area contributed by atoms with Crippen molar-refractivity contribution in [3.8, 4) is 5.75 Å². The Labute approximate surface area is 246 Å². The molecule has 6 nitrogen and oxygen atoms in total. The SMILES string of the molecule is CCOC(=O)C[C@@H](c1ccc(Br)cc1)[C@H](/C(C)=C\N(C(=O)OC(C)(C)C)c1ccc(OC)cc1)c1ccccc1. The van der Waals surface area contributed by atoms with E-state index in [-0.39, 0.29) is 24.2 Å². The number of esters is 1. The van der Waals surface area contributed by atoms with Crippen LogP contribution in [0.1, 0.15) is 64.0 Å². The van der Waals surface area contributed by atoms with E-state index < -0.39 is 11.7 Å². The Kier molecular flexibility index (Phi) is 11.0. The van der Waals surface area contributed by atoms with Crippen molar-refractivity contribution in [1.29, 1.82) is 0 Å². The first-order valence-electron chi connectivity index (χ1n) is 13.3. The summed E-state index contributed by atoms with van der Waals surface area (Å²) in [6, 6.07) is 25.2. The third-order valence-corrected chi connectivity index (χ3v) is 6.84. The summed E-state index contributed by atoms with van der Waals surface area (Å²) in [5, 5.41) is 0. The standard InChI is InChI=1S/C33H38BrNO5/c1-7-39-30(36)21-29(24-13-15-26(34)16-14-24)31(25-11-9-8-10-12-25)23(2)22-35(32(37)40-33(3,4)5)27-17-19-28(38-6)20-18-27/h8-20,22,29,31H,7,21H2,1-6H3/b23-22-/t29-,31+/m0/s1. The van der Waals surface area contributed by atoms with Gasteiger partial charge in [-0.1, -0.05) is 58.4 Å². The summed E-state index contributed by atoms with van der Waals surface area (Å²) in [4.78, 5) is 27.9. The first-order valence-corrected chi connectivity index (χ1v) is 14.1. The number of allylic oxidation sites excluding steroid dienone is 1. The minimum atomic E-state index is -0.688.